The van der Waals surface area contributed by atoms with Crippen LogP contribution in [0.5, 0.6) is 0 Å². The van der Waals surface area contributed by atoms with Crippen molar-refractivity contribution in [3.8, 4) is 0 Å². The van der Waals surface area contributed by atoms with Crippen molar-refractivity contribution in [2.24, 2.45) is 10.8 Å². The predicted octanol–water partition coefficient (Wildman–Crippen LogP) is 1.57. The van der Waals surface area contributed by atoms with Gasteiger partial charge in [-0.2, -0.15) is 11.1 Å². The van der Waals surface area contributed by atoms with Crippen LogP contribution in [0.25, 0.3) is 0 Å². The Morgan fingerprint density at radius 1 is 0.611 bits per heavy atom. The second kappa shape index (κ2) is 16.4. The number of allylic oxidation sites excluding steroid dienone is 8. The minimum atomic E-state index is -1.11. The summed E-state index contributed by atoms with van der Waals surface area (Å²) in [6, 6.07) is 21.9. The van der Waals surface area contributed by atoms with E-state index in [0.717, 1.165) is 12.8 Å². The van der Waals surface area contributed by atoms with Crippen LogP contribution in [-0.4, -0.2) is 9.98 Å². The van der Waals surface area contributed by atoms with Gasteiger partial charge in [0.05, 0.1) is 0 Å². The monoisotopic (exact) mass is 658 g/mol. The van der Waals surface area contributed by atoms with Crippen molar-refractivity contribution in [3.63, 3.8) is 0 Å². The van der Waals surface area contributed by atoms with E-state index >= 15 is 0 Å². The van der Waals surface area contributed by atoms with E-state index in [2.05, 4.69) is 140 Å². The summed E-state index contributed by atoms with van der Waals surface area (Å²) in [5, 5.41) is 0. The molecule has 0 saturated carbocycles. The van der Waals surface area contributed by atoms with E-state index in [-0.39, 0.29) is 24.8 Å². The summed E-state index contributed by atoms with van der Waals surface area (Å²) in [4.78, 5) is 0. The average molecular weight is 659 g/mol. The number of hydrogen-bond acceptors (Lipinski definition) is 0. The molecule has 0 saturated heterocycles. The molecule has 0 spiro atoms. The third kappa shape index (κ3) is 12.3. The second-order valence-corrected chi connectivity index (χ2v) is 21.4. The van der Waals surface area contributed by atoms with E-state index in [4.69, 9.17) is 0 Å². The Balaban J connectivity index is 0.000000508. The second-order valence-electron chi connectivity index (χ2n) is 11.0. The Hall–Kier alpha value is -0.594. The molecular formula is C32H40Cl2GeZr-2. The van der Waals surface area contributed by atoms with Gasteiger partial charge in [-0.15, -0.1) is 12.8 Å². The van der Waals surface area contributed by atoms with Gasteiger partial charge in [-0.05, 0) is 10.8 Å². The van der Waals surface area contributed by atoms with Gasteiger partial charge in [0.1, 0.15) is 0 Å². The van der Waals surface area contributed by atoms with Crippen LogP contribution >= 0.6 is 0 Å². The Kier molecular flexibility index (Phi) is 16.1. The normalized spacial score (nSPS) is 14.3. The zero-order valence-electron chi connectivity index (χ0n) is 23.1. The Bertz CT molecular complexity index is 993. The van der Waals surface area contributed by atoms with Crippen LogP contribution in [0.3, 0.4) is 0 Å². The van der Waals surface area contributed by atoms with Crippen molar-refractivity contribution in [1.29, 1.82) is 0 Å². The van der Waals surface area contributed by atoms with Gasteiger partial charge in [0.15, 0.2) is 0 Å². The Labute approximate surface area is 249 Å². The first-order valence-corrected chi connectivity index (χ1v) is 21.7. The van der Waals surface area contributed by atoms with Crippen molar-refractivity contribution in [2.45, 2.75) is 68.2 Å². The molecule has 36 heavy (non-hydrogen) atoms. The molecule has 0 fully saturated rings. The fourth-order valence-electron chi connectivity index (χ4n) is 3.54. The molecule has 0 atom stereocenters. The van der Waals surface area contributed by atoms with Crippen LogP contribution in [0.2, 0.25) is 0 Å². The first kappa shape index (κ1) is 35.4. The molecule has 0 bridgehead atoms. The van der Waals surface area contributed by atoms with E-state index in [9.17, 15) is 0 Å². The topological polar surface area (TPSA) is 0 Å². The summed E-state index contributed by atoms with van der Waals surface area (Å²) in [6.07, 6.45) is 13.2. The van der Waals surface area contributed by atoms with Gasteiger partial charge in [-0.25, -0.2) is 23.3 Å². The van der Waals surface area contributed by atoms with Crippen molar-refractivity contribution < 1.29 is 46.4 Å². The summed E-state index contributed by atoms with van der Waals surface area (Å²) in [6.45, 7) is 17.7. The standard InChI is InChI=1S/C12H10Ge.2C10H15.2ClH.Zr/c1-3-7-11(8-4-1)13-12-9-5-2-6-10-12;2*1-8-5-6-9(7-8)10(2,3)4;;;/h1-10H;2*7H,6H2,1-4H3;2*1H;/q;2*-1;;;+2/p-2. The van der Waals surface area contributed by atoms with Gasteiger partial charge in [-0.1, -0.05) is 55.4 Å². The molecule has 0 aromatic heterocycles. The maximum absolute atomic E-state index is 3.30. The van der Waals surface area contributed by atoms with Gasteiger partial charge in [0.2, 0.25) is 0 Å². The van der Waals surface area contributed by atoms with E-state index in [1.807, 2.05) is 0 Å². The fraction of sp³-hybridized carbons (Fsp3) is 0.375. The van der Waals surface area contributed by atoms with Crippen molar-refractivity contribution in [1.82, 2.24) is 0 Å². The molecule has 192 valence electrons. The Morgan fingerprint density at radius 2 is 0.917 bits per heavy atom. The van der Waals surface area contributed by atoms with Crippen LogP contribution in [0.1, 0.15) is 68.2 Å². The van der Waals surface area contributed by atoms with Crippen molar-refractivity contribution in [3.05, 3.63) is 107 Å². The van der Waals surface area contributed by atoms with Gasteiger partial charge in [0, 0.05) is 0 Å². The van der Waals surface area contributed by atoms with Crippen LogP contribution < -0.4 is 33.6 Å². The molecule has 2 aromatic rings. The average Bonchev–Trinajstić information content (AvgIpc) is 3.44. The van der Waals surface area contributed by atoms with Crippen LogP contribution in [0.4, 0.5) is 0 Å². The minimum absolute atomic E-state index is 0. The Morgan fingerprint density at radius 3 is 1.11 bits per heavy atom. The molecule has 0 N–H and O–H groups in total. The van der Waals surface area contributed by atoms with Crippen molar-refractivity contribution in [2.75, 3.05) is 0 Å². The zero-order chi connectivity index (χ0) is 25.4. The first-order chi connectivity index (χ1) is 15.9. The molecule has 2 aliphatic carbocycles. The maximum atomic E-state index is 3.30. The molecule has 0 unspecified atom stereocenters. The van der Waals surface area contributed by atoms with Gasteiger partial charge < -0.3 is 24.8 Å². The van der Waals surface area contributed by atoms with Crippen molar-refractivity contribution >= 4 is 18.8 Å². The number of benzene rings is 2. The fourth-order valence-corrected chi connectivity index (χ4v) is 10.7. The molecule has 0 nitrogen and oxygen atoms in total. The third-order valence-electron chi connectivity index (χ3n) is 5.95. The SMILES string of the molecule is CC1=[C-]CC(C(C)(C)C)=C1.CC1=[C-]CC(C(C)(C)C)=C1.[Cl-].[Cl-].[Zr+2]=[Ge]([c]1ccccc1)[c]1ccccc1. The molecular weight excluding hydrogens is 619 g/mol. The van der Waals surface area contributed by atoms with Gasteiger partial charge in [-0.3, -0.25) is 12.2 Å². The molecule has 2 aromatic carbocycles. The van der Waals surface area contributed by atoms with E-state index < -0.39 is 9.98 Å². The molecule has 0 amide bonds. The summed E-state index contributed by atoms with van der Waals surface area (Å²) in [7, 11) is -1.11. The predicted molar refractivity (Wildman–Crippen MR) is 147 cm³/mol. The number of halogens is 2. The van der Waals surface area contributed by atoms with E-state index in [0.29, 0.717) is 10.8 Å². The van der Waals surface area contributed by atoms with Gasteiger partial charge >= 0.3 is 101 Å². The molecule has 4 rings (SSSR count). The van der Waals surface area contributed by atoms with Crippen LogP contribution in [0.15, 0.2) is 95.1 Å². The molecule has 0 radical (unpaired) electrons. The summed E-state index contributed by atoms with van der Waals surface area (Å²) >= 11 is 1.71. The molecule has 2 aliphatic rings. The van der Waals surface area contributed by atoms with Crippen LogP contribution in [-0.2, 0) is 21.6 Å². The third-order valence-corrected chi connectivity index (χ3v) is 17.1. The molecule has 0 aliphatic heterocycles. The number of hydrogen-bond donors (Lipinski definition) is 0. The first-order valence-electron chi connectivity index (χ1n) is 12.1. The molecule has 0 heterocycles. The quantitative estimate of drug-likeness (QED) is 0.340. The van der Waals surface area contributed by atoms with E-state index in [1.54, 1.807) is 30.4 Å². The number of rotatable bonds is 2. The van der Waals surface area contributed by atoms with E-state index in [1.165, 1.54) is 22.3 Å². The summed E-state index contributed by atoms with van der Waals surface area (Å²) < 4.78 is 3.16. The molecule has 4 heteroatoms. The summed E-state index contributed by atoms with van der Waals surface area (Å²) in [5.41, 5.74) is 6.28. The van der Waals surface area contributed by atoms with Crippen LogP contribution in [0, 0.1) is 23.0 Å². The zero-order valence-corrected chi connectivity index (χ0v) is 29.2. The summed E-state index contributed by atoms with van der Waals surface area (Å²) in [5.74, 6) is 0. The van der Waals surface area contributed by atoms with Gasteiger partial charge in [0.25, 0.3) is 0 Å².